The summed E-state index contributed by atoms with van der Waals surface area (Å²) in [4.78, 5) is 29.8. The molecule has 2 aromatic heterocycles. The number of imidazole rings is 1. The van der Waals surface area contributed by atoms with Gasteiger partial charge in [-0.3, -0.25) is 14.2 Å². The highest BCUT2D eigenvalue weighted by Crippen LogP contribution is 2.34. The third-order valence-corrected chi connectivity index (χ3v) is 6.15. The Kier molecular flexibility index (Phi) is 6.09. The smallest absolute Gasteiger partial charge is 0.377 e. The average Bonchev–Trinajstić information content (AvgIpc) is 3.48. The number of methoxy groups -OCH3 is 1. The Morgan fingerprint density at radius 3 is 2.57 bits per heavy atom. The van der Waals surface area contributed by atoms with Crippen molar-refractivity contribution >= 4 is 51.3 Å². The number of carbonyl (C=O) groups excluding carboxylic acids is 2. The van der Waals surface area contributed by atoms with Gasteiger partial charge in [0.1, 0.15) is 29.0 Å². The third kappa shape index (κ3) is 4.38. The molecule has 37 heavy (non-hydrogen) atoms. The lowest BCUT2D eigenvalue weighted by Crippen LogP contribution is -2.19. The van der Waals surface area contributed by atoms with E-state index in [9.17, 15) is 22.8 Å². The van der Waals surface area contributed by atoms with Crippen molar-refractivity contribution in [1.82, 2.24) is 18.3 Å². The summed E-state index contributed by atoms with van der Waals surface area (Å²) in [5.74, 6) is -1.43. The number of alkyl halides is 3. The Hall–Kier alpha value is -4.36. The van der Waals surface area contributed by atoms with Crippen LogP contribution in [0.2, 0.25) is 0 Å². The van der Waals surface area contributed by atoms with Gasteiger partial charge in [-0.25, -0.2) is 4.98 Å². The largest absolute Gasteiger partial charge is 0.417 e. The molecule has 0 spiro atoms. The van der Waals surface area contributed by atoms with E-state index in [0.29, 0.717) is 28.1 Å². The molecule has 0 aliphatic rings. The number of carbonyl (C=O) groups is 2. The van der Waals surface area contributed by atoms with Gasteiger partial charge in [0.25, 0.3) is 11.8 Å². The van der Waals surface area contributed by atoms with Crippen LogP contribution in [-0.2, 0) is 17.5 Å². The number of nitrogens with one attached hydrogen (secondary N) is 1. The van der Waals surface area contributed by atoms with Crippen LogP contribution in [0.1, 0.15) is 32.1 Å². The van der Waals surface area contributed by atoms with Crippen molar-refractivity contribution in [2.24, 2.45) is 5.73 Å². The van der Waals surface area contributed by atoms with Gasteiger partial charge in [-0.15, -0.1) is 0 Å². The number of benzene rings is 3. The predicted molar refractivity (Wildman–Crippen MR) is 131 cm³/mol. The van der Waals surface area contributed by atoms with E-state index in [1.165, 1.54) is 31.4 Å². The first-order valence-electron chi connectivity index (χ1n) is 10.7. The minimum atomic E-state index is -4.73. The van der Waals surface area contributed by atoms with Crippen LogP contribution in [0.5, 0.6) is 0 Å². The molecule has 0 saturated heterocycles. The maximum Gasteiger partial charge on any atom is 0.417 e. The van der Waals surface area contributed by atoms with Crippen LogP contribution in [0.4, 0.5) is 18.9 Å². The van der Waals surface area contributed by atoms with E-state index in [4.69, 9.17) is 10.5 Å². The molecule has 0 aliphatic heterocycles. The second kappa shape index (κ2) is 9.26. The number of rotatable bonds is 6. The summed E-state index contributed by atoms with van der Waals surface area (Å²) in [7, 11) is 1.48. The average molecular weight is 527 g/mol. The molecule has 0 radical (unpaired) electrons. The number of aromatic nitrogens is 4. The topological polar surface area (TPSA) is 125 Å². The first-order valence-corrected chi connectivity index (χ1v) is 11.5. The molecule has 9 nitrogen and oxygen atoms in total. The Morgan fingerprint density at radius 1 is 1.05 bits per heavy atom. The molecule has 0 bridgehead atoms. The van der Waals surface area contributed by atoms with Crippen molar-refractivity contribution in [1.29, 1.82) is 0 Å². The van der Waals surface area contributed by atoms with Crippen molar-refractivity contribution in [3.8, 4) is 5.69 Å². The van der Waals surface area contributed by atoms with Gasteiger partial charge in [0.2, 0.25) is 0 Å². The minimum Gasteiger partial charge on any atom is -0.377 e. The number of amides is 2. The number of primary amides is 1. The summed E-state index contributed by atoms with van der Waals surface area (Å²) in [6.07, 6.45) is -4.73. The van der Waals surface area contributed by atoms with Gasteiger partial charge in [0.15, 0.2) is 0 Å². The molecule has 0 fully saturated rings. The molecule has 3 N–H and O–H groups in total. The fourth-order valence-corrected chi connectivity index (χ4v) is 4.62. The minimum absolute atomic E-state index is 0.0309. The van der Waals surface area contributed by atoms with Crippen LogP contribution >= 0.6 is 11.7 Å². The van der Waals surface area contributed by atoms with Crippen LogP contribution in [0, 0.1) is 0 Å². The van der Waals surface area contributed by atoms with Crippen LogP contribution < -0.4 is 11.1 Å². The molecule has 2 heterocycles. The lowest BCUT2D eigenvalue weighted by Gasteiger charge is -2.14. The van der Waals surface area contributed by atoms with E-state index in [-0.39, 0.29) is 23.4 Å². The Morgan fingerprint density at radius 2 is 1.84 bits per heavy atom. The Labute approximate surface area is 211 Å². The highest BCUT2D eigenvalue weighted by molar-refractivity contribution is 7.00. The molecular weight excluding hydrogens is 509 g/mol. The predicted octanol–water partition coefficient (Wildman–Crippen LogP) is 4.55. The molecule has 188 valence electrons. The van der Waals surface area contributed by atoms with E-state index in [0.717, 1.165) is 23.9 Å². The van der Waals surface area contributed by atoms with Gasteiger partial charge in [-0.05, 0) is 36.4 Å². The van der Waals surface area contributed by atoms with Crippen LogP contribution in [0.15, 0.2) is 54.6 Å². The van der Waals surface area contributed by atoms with Gasteiger partial charge in [-0.1, -0.05) is 18.2 Å². The van der Waals surface area contributed by atoms with Crippen LogP contribution in [-0.4, -0.2) is 37.2 Å². The standard InChI is InChI=1S/C24H17F3N6O3S/c1-36-11-19-30-20-14(22(28)34)9-12(29-23(35)13-5-2-3-6-15(13)24(25,26)27)10-18(20)33(19)17-8-4-7-16-21(17)32-37-31-16/h2-10H,11H2,1H3,(H2,28,34)(H,29,35). The fraction of sp³-hybridized carbons (Fsp3) is 0.125. The summed E-state index contributed by atoms with van der Waals surface area (Å²) in [6.45, 7) is 0.0570. The summed E-state index contributed by atoms with van der Waals surface area (Å²) in [5.41, 5.74) is 6.37. The molecule has 0 saturated carbocycles. The number of hydrogen-bond donors (Lipinski definition) is 2. The van der Waals surface area contributed by atoms with Crippen molar-refractivity contribution in [2.45, 2.75) is 12.8 Å². The Bertz CT molecular complexity index is 1680. The zero-order chi connectivity index (χ0) is 26.3. The zero-order valence-electron chi connectivity index (χ0n) is 19.0. The maximum absolute atomic E-state index is 13.5. The second-order valence-electron chi connectivity index (χ2n) is 7.96. The first-order chi connectivity index (χ1) is 17.7. The monoisotopic (exact) mass is 526 g/mol. The lowest BCUT2D eigenvalue weighted by atomic mass is 10.1. The molecule has 0 atom stereocenters. The summed E-state index contributed by atoms with van der Waals surface area (Å²) in [5, 5.41) is 2.47. The van der Waals surface area contributed by atoms with Gasteiger partial charge >= 0.3 is 6.18 Å². The van der Waals surface area contributed by atoms with Gasteiger partial charge in [-0.2, -0.15) is 21.9 Å². The molecule has 0 aliphatic carbocycles. The lowest BCUT2D eigenvalue weighted by molar-refractivity contribution is -0.137. The number of nitrogens with two attached hydrogens (primary N) is 1. The molecule has 5 aromatic rings. The quantitative estimate of drug-likeness (QED) is 0.335. The normalized spacial score (nSPS) is 11.8. The van der Waals surface area contributed by atoms with E-state index in [2.05, 4.69) is 19.0 Å². The van der Waals surface area contributed by atoms with Crippen LogP contribution in [0.25, 0.3) is 27.8 Å². The molecule has 13 heteroatoms. The number of fused-ring (bicyclic) bond motifs is 2. The van der Waals surface area contributed by atoms with Crippen molar-refractivity contribution < 1.29 is 27.5 Å². The molecule has 5 rings (SSSR count). The van der Waals surface area contributed by atoms with E-state index in [1.54, 1.807) is 22.8 Å². The van der Waals surface area contributed by atoms with Gasteiger partial charge < -0.3 is 15.8 Å². The number of nitrogens with zero attached hydrogens (tertiary/aromatic N) is 4. The first kappa shape index (κ1) is 24.3. The summed E-state index contributed by atoms with van der Waals surface area (Å²) in [6, 6.07) is 12.5. The van der Waals surface area contributed by atoms with Gasteiger partial charge in [0, 0.05) is 12.8 Å². The highest BCUT2D eigenvalue weighted by Gasteiger charge is 2.35. The maximum atomic E-state index is 13.5. The van der Waals surface area contributed by atoms with E-state index < -0.39 is 29.1 Å². The molecule has 2 amide bonds. The number of halogens is 3. The van der Waals surface area contributed by atoms with Gasteiger partial charge in [0.05, 0.1) is 39.6 Å². The summed E-state index contributed by atoms with van der Waals surface area (Å²) >= 11 is 1.02. The fourth-order valence-electron chi connectivity index (χ4n) is 4.08. The summed E-state index contributed by atoms with van der Waals surface area (Å²) < 4.78 is 56.0. The van der Waals surface area contributed by atoms with E-state index >= 15 is 0 Å². The zero-order valence-corrected chi connectivity index (χ0v) is 19.9. The van der Waals surface area contributed by atoms with Crippen molar-refractivity contribution in [2.75, 3.05) is 12.4 Å². The Balaban J connectivity index is 1.70. The van der Waals surface area contributed by atoms with Crippen molar-refractivity contribution in [3.05, 3.63) is 77.1 Å². The SMILES string of the molecule is COCc1nc2c(C(N)=O)cc(NC(=O)c3ccccc3C(F)(F)F)cc2n1-c1cccc2nsnc12. The van der Waals surface area contributed by atoms with Crippen LogP contribution in [0.3, 0.4) is 0 Å². The van der Waals surface area contributed by atoms with Crippen molar-refractivity contribution in [3.63, 3.8) is 0 Å². The molecule has 0 unspecified atom stereocenters. The molecule has 3 aromatic carbocycles. The highest BCUT2D eigenvalue weighted by atomic mass is 32.1. The molecular formula is C24H17F3N6O3S. The number of hydrogen-bond acceptors (Lipinski definition) is 7. The third-order valence-electron chi connectivity index (χ3n) is 5.61. The number of ether oxygens (including phenoxy) is 1. The van der Waals surface area contributed by atoms with E-state index in [1.807, 2.05) is 0 Å². The second-order valence-corrected chi connectivity index (χ2v) is 8.49. The number of anilines is 1.